The zero-order chi connectivity index (χ0) is 19.6. The fraction of sp³-hybridized carbons (Fsp3) is 0.600. The van der Waals surface area contributed by atoms with Gasteiger partial charge in [-0.25, -0.2) is 4.79 Å². The van der Waals surface area contributed by atoms with Crippen LogP contribution in [0, 0.1) is 0 Å². The molecule has 2 heterocycles. The van der Waals surface area contributed by atoms with Gasteiger partial charge in [-0.3, -0.25) is 9.69 Å². The lowest BCUT2D eigenvalue weighted by atomic mass is 10.1. The van der Waals surface area contributed by atoms with Gasteiger partial charge < -0.3 is 19.5 Å². The lowest BCUT2D eigenvalue weighted by molar-refractivity contribution is -0.146. The van der Waals surface area contributed by atoms with Crippen molar-refractivity contribution in [3.05, 3.63) is 35.9 Å². The summed E-state index contributed by atoms with van der Waals surface area (Å²) in [5, 5.41) is 10.4. The zero-order valence-electron chi connectivity index (χ0n) is 16.1. The van der Waals surface area contributed by atoms with E-state index in [4.69, 9.17) is 9.47 Å². The van der Waals surface area contributed by atoms with Crippen molar-refractivity contribution in [3.63, 3.8) is 0 Å². The number of carbonyl (C=O) groups excluding carboxylic acids is 2. The number of aliphatic hydroxyl groups excluding tert-OH is 1. The topological polar surface area (TPSA) is 79.3 Å². The van der Waals surface area contributed by atoms with Crippen LogP contribution in [0.2, 0.25) is 0 Å². The zero-order valence-corrected chi connectivity index (χ0v) is 16.1. The average molecular weight is 376 g/mol. The number of rotatable bonds is 2. The summed E-state index contributed by atoms with van der Waals surface area (Å²) in [6, 6.07) is 8.83. The number of benzene rings is 1. The first-order valence-corrected chi connectivity index (χ1v) is 9.39. The Labute approximate surface area is 159 Å². The van der Waals surface area contributed by atoms with Crippen LogP contribution >= 0.6 is 0 Å². The molecule has 2 amide bonds. The summed E-state index contributed by atoms with van der Waals surface area (Å²) in [5.74, 6) is -0.255. The molecule has 2 saturated heterocycles. The van der Waals surface area contributed by atoms with Gasteiger partial charge in [0.1, 0.15) is 17.7 Å². The average Bonchev–Trinajstić information content (AvgIpc) is 3.02. The van der Waals surface area contributed by atoms with Crippen LogP contribution in [-0.4, -0.2) is 70.9 Å². The molecule has 0 aliphatic carbocycles. The third-order valence-corrected chi connectivity index (χ3v) is 4.80. The minimum atomic E-state index is -0.908. The number of carbonyl (C=O) groups is 2. The van der Waals surface area contributed by atoms with E-state index in [1.165, 1.54) is 4.90 Å². The predicted molar refractivity (Wildman–Crippen MR) is 99.1 cm³/mol. The maximum Gasteiger partial charge on any atom is 0.411 e. The molecule has 1 aromatic carbocycles. The monoisotopic (exact) mass is 376 g/mol. The third-order valence-electron chi connectivity index (χ3n) is 4.80. The van der Waals surface area contributed by atoms with E-state index in [9.17, 15) is 14.7 Å². The Kier molecular flexibility index (Phi) is 5.72. The molecule has 2 aliphatic rings. The number of ether oxygens (including phenoxy) is 2. The molecule has 0 saturated carbocycles. The second-order valence-electron chi connectivity index (χ2n) is 8.03. The van der Waals surface area contributed by atoms with Crippen LogP contribution in [0.5, 0.6) is 0 Å². The van der Waals surface area contributed by atoms with Crippen molar-refractivity contribution in [1.29, 1.82) is 0 Å². The van der Waals surface area contributed by atoms with Gasteiger partial charge in [-0.05, 0) is 32.8 Å². The van der Waals surface area contributed by atoms with Crippen molar-refractivity contribution < 1.29 is 24.2 Å². The van der Waals surface area contributed by atoms with Gasteiger partial charge in [0.25, 0.3) is 0 Å². The van der Waals surface area contributed by atoms with Crippen LogP contribution in [0.15, 0.2) is 30.3 Å². The molecule has 0 aromatic heterocycles. The maximum atomic E-state index is 13.1. The molecule has 3 rings (SSSR count). The molecule has 2 fully saturated rings. The van der Waals surface area contributed by atoms with Gasteiger partial charge >= 0.3 is 6.09 Å². The molecule has 0 unspecified atom stereocenters. The van der Waals surface area contributed by atoms with Crippen molar-refractivity contribution in [2.24, 2.45) is 0 Å². The molecule has 7 heteroatoms. The van der Waals surface area contributed by atoms with Crippen LogP contribution < -0.4 is 0 Å². The Morgan fingerprint density at radius 1 is 1.19 bits per heavy atom. The lowest BCUT2D eigenvalue weighted by Gasteiger charge is -2.37. The van der Waals surface area contributed by atoms with Crippen molar-refractivity contribution in [2.45, 2.75) is 51.0 Å². The SMILES string of the molecule is CC(C)(C)OC(=O)N1CC[C@@H](O)[C@H]1C(=O)N1CCO[C@H](c2ccccc2)C1. The number of amides is 2. The summed E-state index contributed by atoms with van der Waals surface area (Å²) in [7, 11) is 0. The van der Waals surface area contributed by atoms with Crippen molar-refractivity contribution in [2.75, 3.05) is 26.2 Å². The van der Waals surface area contributed by atoms with Crippen molar-refractivity contribution in [3.8, 4) is 0 Å². The molecule has 0 radical (unpaired) electrons. The summed E-state index contributed by atoms with van der Waals surface area (Å²) in [5.41, 5.74) is 0.348. The van der Waals surface area contributed by atoms with Crippen LogP contribution in [0.1, 0.15) is 38.9 Å². The van der Waals surface area contributed by atoms with E-state index in [2.05, 4.69) is 0 Å². The highest BCUT2D eigenvalue weighted by molar-refractivity contribution is 5.87. The van der Waals surface area contributed by atoms with Gasteiger partial charge in [-0.1, -0.05) is 30.3 Å². The molecule has 7 nitrogen and oxygen atoms in total. The molecule has 2 aliphatic heterocycles. The van der Waals surface area contributed by atoms with Gasteiger partial charge in [-0.2, -0.15) is 0 Å². The molecule has 0 spiro atoms. The van der Waals surface area contributed by atoms with Crippen LogP contribution in [0.4, 0.5) is 4.79 Å². The molecular weight excluding hydrogens is 348 g/mol. The summed E-state index contributed by atoms with van der Waals surface area (Å²) in [6.07, 6.45) is -1.30. The number of hydrogen-bond acceptors (Lipinski definition) is 5. The van der Waals surface area contributed by atoms with E-state index in [1.807, 2.05) is 30.3 Å². The smallest absolute Gasteiger partial charge is 0.411 e. The summed E-state index contributed by atoms with van der Waals surface area (Å²) < 4.78 is 11.2. The van der Waals surface area contributed by atoms with E-state index < -0.39 is 23.8 Å². The van der Waals surface area contributed by atoms with E-state index in [1.54, 1.807) is 25.7 Å². The van der Waals surface area contributed by atoms with E-state index >= 15 is 0 Å². The quantitative estimate of drug-likeness (QED) is 0.854. The minimum absolute atomic E-state index is 0.211. The maximum absolute atomic E-state index is 13.1. The standard InChI is InChI=1S/C20H28N2O5/c1-20(2,3)27-19(25)22-10-9-15(23)17(22)18(24)21-11-12-26-16(13-21)14-7-5-4-6-8-14/h4-8,15-17,23H,9-13H2,1-3H3/t15-,16+,17+/m1/s1. The second-order valence-corrected chi connectivity index (χ2v) is 8.03. The highest BCUT2D eigenvalue weighted by atomic mass is 16.6. The second kappa shape index (κ2) is 7.86. The third kappa shape index (κ3) is 4.59. The fourth-order valence-corrected chi connectivity index (χ4v) is 3.51. The first-order chi connectivity index (χ1) is 12.8. The molecule has 0 bridgehead atoms. The summed E-state index contributed by atoms with van der Waals surface area (Å²) >= 11 is 0. The van der Waals surface area contributed by atoms with Crippen LogP contribution in [-0.2, 0) is 14.3 Å². The molecule has 1 aromatic rings. The Morgan fingerprint density at radius 3 is 2.56 bits per heavy atom. The van der Waals surface area contributed by atoms with Crippen molar-refractivity contribution >= 4 is 12.0 Å². The van der Waals surface area contributed by atoms with E-state index in [-0.39, 0.29) is 12.0 Å². The number of nitrogens with zero attached hydrogens (tertiary/aromatic N) is 2. The highest BCUT2D eigenvalue weighted by Gasteiger charge is 2.45. The minimum Gasteiger partial charge on any atom is -0.444 e. The Hall–Kier alpha value is -2.12. The highest BCUT2D eigenvalue weighted by Crippen LogP contribution is 2.27. The number of morpholine rings is 1. The normalized spacial score (nSPS) is 26.1. The van der Waals surface area contributed by atoms with Gasteiger partial charge in [-0.15, -0.1) is 0 Å². The lowest BCUT2D eigenvalue weighted by Crippen LogP contribution is -2.55. The van der Waals surface area contributed by atoms with Gasteiger partial charge in [0.2, 0.25) is 5.91 Å². The number of hydrogen-bond donors (Lipinski definition) is 1. The Balaban J connectivity index is 1.71. The first-order valence-electron chi connectivity index (χ1n) is 9.39. The fourth-order valence-electron chi connectivity index (χ4n) is 3.51. The van der Waals surface area contributed by atoms with E-state index in [0.29, 0.717) is 32.7 Å². The number of aliphatic hydroxyl groups is 1. The van der Waals surface area contributed by atoms with Gasteiger partial charge in [0, 0.05) is 13.1 Å². The van der Waals surface area contributed by atoms with Crippen molar-refractivity contribution in [1.82, 2.24) is 9.80 Å². The summed E-state index contributed by atoms with van der Waals surface area (Å²) in [4.78, 5) is 28.6. The van der Waals surface area contributed by atoms with Gasteiger partial charge in [0.15, 0.2) is 0 Å². The molecule has 27 heavy (non-hydrogen) atoms. The van der Waals surface area contributed by atoms with E-state index in [0.717, 1.165) is 5.56 Å². The molecule has 1 N–H and O–H groups in total. The Morgan fingerprint density at radius 2 is 1.89 bits per heavy atom. The molecule has 3 atom stereocenters. The summed E-state index contributed by atoms with van der Waals surface area (Å²) in [6.45, 7) is 6.89. The van der Waals surface area contributed by atoms with Crippen LogP contribution in [0.25, 0.3) is 0 Å². The molecule has 148 valence electrons. The largest absolute Gasteiger partial charge is 0.444 e. The Bertz CT molecular complexity index is 673. The van der Waals surface area contributed by atoms with Crippen LogP contribution in [0.3, 0.4) is 0 Å². The number of likely N-dealkylation sites (tertiary alicyclic amines) is 1. The predicted octanol–water partition coefficient (Wildman–Crippen LogP) is 1.96. The van der Waals surface area contributed by atoms with Gasteiger partial charge in [0.05, 0.1) is 19.3 Å². The molecular formula is C20H28N2O5. The first kappa shape index (κ1) is 19.6.